The van der Waals surface area contributed by atoms with Crippen molar-refractivity contribution >= 4 is 16.0 Å². The third-order valence-corrected chi connectivity index (χ3v) is 2.86. The van der Waals surface area contributed by atoms with Gasteiger partial charge in [0.1, 0.15) is 0 Å². The van der Waals surface area contributed by atoms with E-state index in [1.165, 1.54) is 0 Å². The molecule has 0 rings (SSSR count). The quantitative estimate of drug-likeness (QED) is 0.471. The van der Waals surface area contributed by atoms with Crippen LogP contribution in [0.4, 0.5) is 0 Å². The third kappa shape index (κ3) is 8.36. The van der Waals surface area contributed by atoms with E-state index in [0.29, 0.717) is 0 Å². The molecule has 0 saturated heterocycles. The monoisotopic (exact) mass is 221 g/mol. The van der Waals surface area contributed by atoms with Crippen LogP contribution in [-0.2, 0) is 13.4 Å². The molecule has 0 aromatic carbocycles. The van der Waals surface area contributed by atoms with Crippen LogP contribution >= 0.6 is 16.0 Å². The van der Waals surface area contributed by atoms with E-state index < -0.39 is 16.0 Å². The van der Waals surface area contributed by atoms with Gasteiger partial charge in [-0.25, -0.2) is 14.0 Å². The highest BCUT2D eigenvalue weighted by Crippen LogP contribution is 2.45. The fourth-order valence-electron chi connectivity index (χ4n) is 0.329. The van der Waals surface area contributed by atoms with Crippen molar-refractivity contribution in [3.63, 3.8) is 0 Å². The molecule has 2 unspecified atom stereocenters. The van der Waals surface area contributed by atoms with Crippen LogP contribution in [0.5, 0.6) is 0 Å². The van der Waals surface area contributed by atoms with Crippen LogP contribution in [0.1, 0.15) is 7.43 Å². The maximum atomic E-state index is 10.6. The Morgan fingerprint density at radius 3 is 2.42 bits per heavy atom. The topological polar surface area (TPSA) is 116 Å². The molecular formula is C3H13NO6P2. The maximum Gasteiger partial charge on any atom is 0.410 e. The van der Waals surface area contributed by atoms with Crippen LogP contribution in [0.3, 0.4) is 0 Å². The molecule has 0 amide bonds. The number of hydrogen-bond donors (Lipinski definition) is 4. The number of rotatable bonds is 5. The highest BCUT2D eigenvalue weighted by molar-refractivity contribution is 7.58. The molecule has 0 heterocycles. The van der Waals surface area contributed by atoms with E-state index in [2.05, 4.69) is 4.31 Å². The van der Waals surface area contributed by atoms with Crippen molar-refractivity contribution in [2.75, 3.05) is 13.2 Å². The van der Waals surface area contributed by atoms with Crippen molar-refractivity contribution in [1.29, 1.82) is 0 Å². The van der Waals surface area contributed by atoms with Crippen molar-refractivity contribution in [2.24, 2.45) is 0 Å². The molecule has 0 aromatic heterocycles. The van der Waals surface area contributed by atoms with Crippen LogP contribution in [-0.4, -0.2) is 28.0 Å². The van der Waals surface area contributed by atoms with Gasteiger partial charge in [0.05, 0.1) is 6.61 Å². The first-order chi connectivity index (χ1) is 4.98. The average Bonchev–Trinajstić information content (AvgIpc) is 1.81. The minimum atomic E-state index is -4.19. The summed E-state index contributed by atoms with van der Waals surface area (Å²) in [6, 6.07) is 0. The lowest BCUT2D eigenvalue weighted by Gasteiger charge is -2.08. The molecule has 0 aliphatic heterocycles. The molecule has 9 heteroatoms. The second kappa shape index (κ2) is 6.74. The molecular weight excluding hydrogens is 208 g/mol. The van der Waals surface area contributed by atoms with Crippen molar-refractivity contribution in [2.45, 2.75) is 7.43 Å². The normalized spacial score (nSPS) is 17.6. The highest BCUT2D eigenvalue weighted by Gasteiger charge is 2.20. The number of nitrogens with one attached hydrogen (secondary N) is 1. The van der Waals surface area contributed by atoms with Gasteiger partial charge in [-0.15, -0.1) is 0 Å². The Labute approximate surface area is 70.9 Å². The zero-order chi connectivity index (χ0) is 8.91. The van der Waals surface area contributed by atoms with Gasteiger partial charge in [0.15, 0.2) is 0 Å². The Morgan fingerprint density at radius 1 is 1.58 bits per heavy atom. The average molecular weight is 221 g/mol. The Hall–Kier alpha value is 0.260. The summed E-state index contributed by atoms with van der Waals surface area (Å²) in [7, 11) is -7.62. The third-order valence-electron chi connectivity index (χ3n) is 0.625. The Balaban J connectivity index is 0. The summed E-state index contributed by atoms with van der Waals surface area (Å²) in [4.78, 5) is 16.7. The van der Waals surface area contributed by atoms with E-state index >= 15 is 0 Å². The van der Waals surface area contributed by atoms with E-state index in [1.54, 1.807) is 0 Å². The van der Waals surface area contributed by atoms with E-state index in [-0.39, 0.29) is 20.6 Å². The molecule has 0 aromatic rings. The van der Waals surface area contributed by atoms with Crippen molar-refractivity contribution in [3.05, 3.63) is 0 Å². The molecule has 7 nitrogen and oxygen atoms in total. The van der Waals surface area contributed by atoms with Crippen LogP contribution in [0, 0.1) is 0 Å². The molecule has 0 fully saturated rings. The van der Waals surface area contributed by atoms with E-state index in [4.69, 9.17) is 14.9 Å². The van der Waals surface area contributed by atoms with Gasteiger partial charge in [-0.3, -0.25) is 4.57 Å². The second-order valence-corrected chi connectivity index (χ2v) is 4.13. The number of aliphatic hydroxyl groups excluding tert-OH is 1. The predicted molar refractivity (Wildman–Crippen MR) is 44.0 cm³/mol. The largest absolute Gasteiger partial charge is 0.410 e. The zero-order valence-corrected chi connectivity index (χ0v) is 7.32. The van der Waals surface area contributed by atoms with Crippen molar-refractivity contribution < 1.29 is 28.3 Å². The van der Waals surface area contributed by atoms with Gasteiger partial charge in [-0.05, 0) is 0 Å². The first-order valence-corrected chi connectivity index (χ1v) is 5.43. The van der Waals surface area contributed by atoms with E-state index in [0.717, 1.165) is 0 Å². The van der Waals surface area contributed by atoms with Crippen LogP contribution < -0.4 is 5.09 Å². The lowest BCUT2D eigenvalue weighted by atomic mass is 10.8. The maximum absolute atomic E-state index is 10.6. The molecule has 0 aliphatic rings. The first kappa shape index (κ1) is 14.8. The van der Waals surface area contributed by atoms with Gasteiger partial charge in [0, 0.05) is 6.54 Å². The van der Waals surface area contributed by atoms with E-state index in [1.807, 2.05) is 5.09 Å². The SMILES string of the molecule is C.O=[PH](O)OP(=O)(O)NCCO. The summed E-state index contributed by atoms with van der Waals surface area (Å²) < 4.78 is 24.2. The number of hydrogen-bond acceptors (Lipinski definition) is 4. The fourth-order valence-corrected chi connectivity index (χ4v) is 1.82. The summed E-state index contributed by atoms with van der Waals surface area (Å²) in [5.74, 6) is 0. The smallest absolute Gasteiger partial charge is 0.395 e. The fraction of sp³-hybridized carbons (Fsp3) is 1.00. The van der Waals surface area contributed by atoms with Gasteiger partial charge in [0.2, 0.25) is 0 Å². The molecule has 12 heavy (non-hydrogen) atoms. The first-order valence-electron chi connectivity index (χ1n) is 2.59. The van der Waals surface area contributed by atoms with E-state index in [9.17, 15) is 9.13 Å². The molecule has 76 valence electrons. The summed E-state index contributed by atoms with van der Waals surface area (Å²) >= 11 is 0. The van der Waals surface area contributed by atoms with Crippen molar-refractivity contribution in [3.8, 4) is 0 Å². The summed E-state index contributed by atoms with van der Waals surface area (Å²) in [5.41, 5.74) is 0. The second-order valence-electron chi connectivity index (χ2n) is 1.51. The van der Waals surface area contributed by atoms with Gasteiger partial charge in [-0.1, -0.05) is 7.43 Å². The molecule has 0 spiro atoms. The number of aliphatic hydroxyl groups is 1. The predicted octanol–water partition coefficient (Wildman–Crippen LogP) is -0.297. The van der Waals surface area contributed by atoms with Crippen LogP contribution in [0.15, 0.2) is 0 Å². The van der Waals surface area contributed by atoms with Gasteiger partial charge < -0.3 is 14.9 Å². The molecule has 0 aliphatic carbocycles. The van der Waals surface area contributed by atoms with Gasteiger partial charge in [0.25, 0.3) is 0 Å². The Morgan fingerprint density at radius 2 is 2.08 bits per heavy atom. The van der Waals surface area contributed by atoms with Gasteiger partial charge >= 0.3 is 16.0 Å². The minimum absolute atomic E-state index is 0. The standard InChI is InChI=1S/C2H9NO6P2.CH4/c4-2-1-3-11(7,8)9-10(5)6;/h4,10H,1-2H2,(H,5,6)(H2,3,7,8);1H4. The Bertz CT molecular complexity index is 184. The van der Waals surface area contributed by atoms with Crippen LogP contribution in [0.2, 0.25) is 0 Å². The highest BCUT2D eigenvalue weighted by atomic mass is 31.2. The molecule has 4 N–H and O–H groups in total. The zero-order valence-electron chi connectivity index (χ0n) is 5.43. The molecule has 0 saturated carbocycles. The summed E-state index contributed by atoms with van der Waals surface area (Å²) in [6.45, 7) is -0.538. The van der Waals surface area contributed by atoms with Gasteiger partial charge in [-0.2, -0.15) is 0 Å². The van der Waals surface area contributed by atoms with Crippen LogP contribution in [0.25, 0.3) is 0 Å². The minimum Gasteiger partial charge on any atom is -0.395 e. The Kier molecular flexibility index (Phi) is 8.30. The lowest BCUT2D eigenvalue weighted by molar-refractivity contribution is 0.288. The molecule has 0 bridgehead atoms. The molecule has 2 atom stereocenters. The molecule has 0 radical (unpaired) electrons. The summed E-state index contributed by atoms with van der Waals surface area (Å²) in [5, 5.41) is 10.0. The lowest BCUT2D eigenvalue weighted by Crippen LogP contribution is -2.14. The van der Waals surface area contributed by atoms with Crippen molar-refractivity contribution in [1.82, 2.24) is 5.09 Å². The summed E-state index contributed by atoms with van der Waals surface area (Å²) in [6.07, 6.45) is 0.